The predicted octanol–water partition coefficient (Wildman–Crippen LogP) is 5.76. The molecule has 4 rings (SSSR count). The zero-order valence-corrected chi connectivity index (χ0v) is 30.0. The summed E-state index contributed by atoms with van der Waals surface area (Å²) in [5.41, 5.74) is -1.05. The summed E-state index contributed by atoms with van der Waals surface area (Å²) in [5.74, 6) is -2.51. The summed E-state index contributed by atoms with van der Waals surface area (Å²) >= 11 is 7.75. The van der Waals surface area contributed by atoms with Crippen LogP contribution in [0.3, 0.4) is 0 Å². The highest BCUT2D eigenvalue weighted by Crippen LogP contribution is 2.44. The maximum absolute atomic E-state index is 13.9. The minimum atomic E-state index is -3.05. The summed E-state index contributed by atoms with van der Waals surface area (Å²) < 4.78 is 17.6. The average molecular weight is 711 g/mol. The number of β-lactam (4-membered cyclic amide) rings is 1. The van der Waals surface area contributed by atoms with Crippen LogP contribution in [0.4, 0.5) is 5.69 Å². The van der Waals surface area contributed by atoms with E-state index in [-0.39, 0.29) is 23.9 Å². The number of nitro groups is 1. The number of nitro benzene ring substituents is 1. The number of hydrogen-bond donors (Lipinski definition) is 0. The third kappa shape index (κ3) is 8.00. The van der Waals surface area contributed by atoms with Crippen molar-refractivity contribution in [1.29, 1.82) is 0 Å². The van der Waals surface area contributed by atoms with E-state index in [1.807, 2.05) is 43.3 Å². The fourth-order valence-electron chi connectivity index (χ4n) is 5.79. The van der Waals surface area contributed by atoms with Crippen molar-refractivity contribution in [2.24, 2.45) is 5.92 Å². The molecule has 1 amide bonds. The lowest BCUT2D eigenvalue weighted by Crippen LogP contribution is -2.71. The summed E-state index contributed by atoms with van der Waals surface area (Å²) in [6.45, 7) is 10.0. The zero-order valence-electron chi connectivity index (χ0n) is 27.4. The standard InChI is InChI=1S/C35H39ClN2O8SSi/c1-6-44-29(39)21-22-47-33-30(32(40)37(33)31(36)34(41)45-23-25-17-19-26(20-18-25)38(42)43)24(2)46-48(35(3,4)5,27-13-9-7-10-14-27)28-15-11-8-12-16-28/h7-22,24,30-31,33H,6,23H2,1-5H3/b22-21-. The Morgan fingerprint density at radius 1 is 1.00 bits per heavy atom. The summed E-state index contributed by atoms with van der Waals surface area (Å²) in [6.07, 6.45) is 0.643. The lowest BCUT2D eigenvalue weighted by molar-refractivity contribution is -0.384. The molecule has 1 saturated heterocycles. The third-order valence-electron chi connectivity index (χ3n) is 8.08. The minimum Gasteiger partial charge on any atom is -0.463 e. The molecule has 0 aliphatic carbocycles. The van der Waals surface area contributed by atoms with Crippen LogP contribution in [0.1, 0.15) is 40.2 Å². The first kappa shape index (κ1) is 36.9. The number of thioether (sulfide) groups is 1. The van der Waals surface area contributed by atoms with Crippen LogP contribution in [-0.2, 0) is 34.9 Å². The molecule has 1 aliphatic rings. The molecular formula is C35H39ClN2O8SSi. The number of rotatable bonds is 14. The molecular weight excluding hydrogens is 672 g/mol. The highest BCUT2D eigenvalue weighted by atomic mass is 35.5. The highest BCUT2D eigenvalue weighted by molar-refractivity contribution is 8.02. The van der Waals surface area contributed by atoms with Crippen LogP contribution in [0.5, 0.6) is 0 Å². The number of esters is 2. The van der Waals surface area contributed by atoms with Crippen molar-refractivity contribution < 1.29 is 33.2 Å². The molecule has 1 aliphatic heterocycles. The maximum atomic E-state index is 13.9. The molecule has 0 bridgehead atoms. The van der Waals surface area contributed by atoms with Crippen LogP contribution in [-0.4, -0.2) is 59.6 Å². The Balaban J connectivity index is 1.62. The van der Waals surface area contributed by atoms with E-state index in [0.717, 1.165) is 22.1 Å². The van der Waals surface area contributed by atoms with E-state index in [1.165, 1.54) is 40.6 Å². The van der Waals surface area contributed by atoms with Crippen molar-refractivity contribution in [2.75, 3.05) is 6.61 Å². The molecule has 4 atom stereocenters. The molecule has 3 aromatic carbocycles. The molecule has 0 saturated carbocycles. The van der Waals surface area contributed by atoms with Gasteiger partial charge < -0.3 is 18.8 Å². The first-order valence-electron chi connectivity index (χ1n) is 15.5. The van der Waals surface area contributed by atoms with E-state index < -0.39 is 54.0 Å². The lowest BCUT2D eigenvalue weighted by Gasteiger charge is -2.52. The van der Waals surface area contributed by atoms with E-state index in [1.54, 1.807) is 6.92 Å². The second kappa shape index (κ2) is 15.9. The fraction of sp³-hybridized carbons (Fsp3) is 0.343. The van der Waals surface area contributed by atoms with Gasteiger partial charge in [0.25, 0.3) is 14.0 Å². The Morgan fingerprint density at radius 2 is 1.56 bits per heavy atom. The summed E-state index contributed by atoms with van der Waals surface area (Å²) in [6, 6.07) is 25.7. The normalized spacial score (nSPS) is 17.8. The van der Waals surface area contributed by atoms with E-state index in [4.69, 9.17) is 25.5 Å². The smallest absolute Gasteiger partial charge is 0.345 e. The van der Waals surface area contributed by atoms with Gasteiger partial charge in [0.1, 0.15) is 6.61 Å². The number of non-ortho nitro benzene ring substituents is 1. The molecule has 4 unspecified atom stereocenters. The molecule has 10 nitrogen and oxygen atoms in total. The quantitative estimate of drug-likeness (QED) is 0.0300. The Hall–Kier alpha value is -3.97. The molecule has 0 spiro atoms. The van der Waals surface area contributed by atoms with E-state index in [9.17, 15) is 24.5 Å². The Bertz CT molecular complexity index is 1580. The van der Waals surface area contributed by atoms with E-state index in [0.29, 0.717) is 5.56 Å². The topological polar surface area (TPSA) is 125 Å². The van der Waals surface area contributed by atoms with Gasteiger partial charge in [-0.3, -0.25) is 14.9 Å². The van der Waals surface area contributed by atoms with Crippen LogP contribution in [0, 0.1) is 16.0 Å². The summed E-state index contributed by atoms with van der Waals surface area (Å²) in [7, 11) is -3.05. The van der Waals surface area contributed by atoms with Crippen LogP contribution in [0.2, 0.25) is 5.04 Å². The van der Waals surface area contributed by atoms with Crippen LogP contribution >= 0.6 is 23.4 Å². The molecule has 13 heteroatoms. The Morgan fingerprint density at radius 3 is 2.06 bits per heavy atom. The maximum Gasteiger partial charge on any atom is 0.345 e. The molecule has 48 heavy (non-hydrogen) atoms. The van der Waals surface area contributed by atoms with Gasteiger partial charge >= 0.3 is 11.9 Å². The van der Waals surface area contributed by atoms with Gasteiger partial charge in [0.15, 0.2) is 0 Å². The predicted molar refractivity (Wildman–Crippen MR) is 188 cm³/mol. The van der Waals surface area contributed by atoms with Gasteiger partial charge in [-0.15, -0.1) is 11.8 Å². The Kier molecular flexibility index (Phi) is 12.2. The minimum absolute atomic E-state index is 0.0948. The molecule has 1 heterocycles. The lowest BCUT2D eigenvalue weighted by atomic mass is 9.93. The van der Waals surface area contributed by atoms with Crippen LogP contribution in [0.25, 0.3) is 0 Å². The summed E-state index contributed by atoms with van der Waals surface area (Å²) in [5, 5.41) is 13.6. The SMILES string of the molecule is CCOC(=O)/C=C\SC1C(C(C)O[Si](c2ccccc2)(c2ccccc2)C(C)(C)C)C(=O)N1C(Cl)C(=O)OCc1ccc([N+](=O)[O-])cc1. The van der Waals surface area contributed by atoms with Crippen molar-refractivity contribution in [2.45, 2.75) is 63.2 Å². The largest absolute Gasteiger partial charge is 0.463 e. The second-order valence-corrected chi connectivity index (χ2v) is 17.9. The van der Waals surface area contributed by atoms with Crippen molar-refractivity contribution in [3.05, 3.63) is 112 Å². The highest BCUT2D eigenvalue weighted by Gasteiger charge is 2.58. The number of hydrogen-bond acceptors (Lipinski definition) is 9. The summed E-state index contributed by atoms with van der Waals surface area (Å²) in [4.78, 5) is 50.8. The van der Waals surface area contributed by atoms with E-state index in [2.05, 4.69) is 45.0 Å². The first-order valence-corrected chi connectivity index (χ1v) is 18.7. The number of carbonyl (C=O) groups is 3. The molecule has 3 aromatic rings. The van der Waals surface area contributed by atoms with Gasteiger partial charge in [-0.05, 0) is 52.4 Å². The zero-order chi connectivity index (χ0) is 35.1. The number of nitrogens with zero attached hydrogens (tertiary/aromatic N) is 2. The van der Waals surface area contributed by atoms with Crippen molar-refractivity contribution in [1.82, 2.24) is 4.90 Å². The molecule has 0 N–H and O–H groups in total. The number of ether oxygens (including phenoxy) is 2. The monoisotopic (exact) mass is 710 g/mol. The fourth-order valence-corrected chi connectivity index (χ4v) is 12.1. The van der Waals surface area contributed by atoms with Crippen molar-refractivity contribution in [3.8, 4) is 0 Å². The number of alkyl halides is 1. The van der Waals surface area contributed by atoms with Crippen molar-refractivity contribution in [3.63, 3.8) is 0 Å². The molecule has 0 aromatic heterocycles. The number of carbonyl (C=O) groups excluding carboxylic acids is 3. The molecule has 254 valence electrons. The van der Waals surface area contributed by atoms with Crippen molar-refractivity contribution >= 4 is 65.6 Å². The number of halogens is 1. The van der Waals surface area contributed by atoms with Gasteiger partial charge in [-0.2, -0.15) is 0 Å². The van der Waals surface area contributed by atoms with Gasteiger partial charge in [-0.1, -0.05) is 93.0 Å². The molecule has 0 radical (unpaired) electrons. The number of likely N-dealkylation sites (tertiary alicyclic amines) is 1. The Labute approximate surface area is 290 Å². The molecule has 1 fully saturated rings. The van der Waals surface area contributed by atoms with Gasteiger partial charge in [0, 0.05) is 18.2 Å². The van der Waals surface area contributed by atoms with E-state index >= 15 is 0 Å². The second-order valence-electron chi connectivity index (χ2n) is 12.2. The van der Waals surface area contributed by atoms with Gasteiger partial charge in [0.2, 0.25) is 11.4 Å². The third-order valence-corrected chi connectivity index (χ3v) is 14.7. The first-order chi connectivity index (χ1) is 22.8. The van der Waals surface area contributed by atoms with Gasteiger partial charge in [0.05, 0.1) is 28.9 Å². The number of amides is 1. The average Bonchev–Trinajstić information content (AvgIpc) is 3.06. The van der Waals surface area contributed by atoms with Crippen LogP contribution in [0.15, 0.2) is 96.4 Å². The van der Waals surface area contributed by atoms with Gasteiger partial charge in [-0.25, -0.2) is 9.59 Å². The van der Waals surface area contributed by atoms with Crippen LogP contribution < -0.4 is 10.4 Å². The number of benzene rings is 3.